The monoisotopic (exact) mass is 534 g/mol. The van der Waals surface area contributed by atoms with Crippen LogP contribution in [-0.4, -0.2) is 90.7 Å². The van der Waals surface area contributed by atoms with Crippen LogP contribution in [0.1, 0.15) is 52.9 Å². The number of amides is 3. The highest BCUT2D eigenvalue weighted by atomic mass is 16.7. The first kappa shape index (κ1) is 29.2. The van der Waals surface area contributed by atoms with E-state index in [1.54, 1.807) is 18.1 Å². The fraction of sp³-hybridized carbons (Fsp3) is 0.654. The van der Waals surface area contributed by atoms with Crippen LogP contribution in [0.3, 0.4) is 0 Å². The van der Waals surface area contributed by atoms with Gasteiger partial charge in [0.2, 0.25) is 12.7 Å². The van der Waals surface area contributed by atoms with Crippen molar-refractivity contribution in [3.63, 3.8) is 0 Å². The maximum Gasteiger partial charge on any atom is 0.338 e. The van der Waals surface area contributed by atoms with Gasteiger partial charge < -0.3 is 34.6 Å². The van der Waals surface area contributed by atoms with Gasteiger partial charge in [-0.25, -0.2) is 9.59 Å². The molecule has 210 valence electrons. The highest BCUT2D eigenvalue weighted by molar-refractivity contribution is 5.97. The van der Waals surface area contributed by atoms with Crippen molar-refractivity contribution in [3.05, 3.63) is 24.0 Å². The number of hydrogen-bond donors (Lipinski definition) is 2. The predicted octanol–water partition coefficient (Wildman–Crippen LogP) is 0.579. The van der Waals surface area contributed by atoms with E-state index in [0.29, 0.717) is 44.3 Å². The van der Waals surface area contributed by atoms with Gasteiger partial charge in [0.15, 0.2) is 12.2 Å². The zero-order valence-electron chi connectivity index (χ0n) is 22.4. The second-order valence-corrected chi connectivity index (χ2v) is 9.75. The Kier molecular flexibility index (Phi) is 10.3. The fourth-order valence-electron chi connectivity index (χ4n) is 4.39. The summed E-state index contributed by atoms with van der Waals surface area (Å²) in [5.74, 6) is -2.79. The minimum atomic E-state index is -0.949. The Bertz CT molecular complexity index is 980. The Morgan fingerprint density at radius 3 is 2.55 bits per heavy atom. The molecule has 3 rings (SSSR count). The second-order valence-electron chi connectivity index (χ2n) is 9.75. The third-order valence-electron chi connectivity index (χ3n) is 6.83. The Morgan fingerprint density at radius 1 is 1.13 bits per heavy atom. The lowest BCUT2D eigenvalue weighted by Crippen LogP contribution is -2.55. The van der Waals surface area contributed by atoms with Crippen LogP contribution in [-0.2, 0) is 38.2 Å². The molecule has 0 aromatic heterocycles. The zero-order chi connectivity index (χ0) is 27.8. The maximum absolute atomic E-state index is 13.5. The van der Waals surface area contributed by atoms with E-state index in [2.05, 4.69) is 10.6 Å². The van der Waals surface area contributed by atoms with Crippen LogP contribution < -0.4 is 10.6 Å². The van der Waals surface area contributed by atoms with Crippen LogP contribution in [0.15, 0.2) is 24.0 Å². The quantitative estimate of drug-likeness (QED) is 0.208. The Balaban J connectivity index is 1.55. The fourth-order valence-corrected chi connectivity index (χ4v) is 4.39. The third-order valence-corrected chi connectivity index (χ3v) is 6.83. The summed E-state index contributed by atoms with van der Waals surface area (Å²) in [6, 6.07) is -1.75. The maximum atomic E-state index is 13.5. The number of nitrogens with zero attached hydrogens (tertiary/aromatic N) is 2. The van der Waals surface area contributed by atoms with Crippen molar-refractivity contribution in [1.29, 1.82) is 0 Å². The summed E-state index contributed by atoms with van der Waals surface area (Å²) in [6.45, 7) is 5.89. The number of carbonyl (C=O) groups excluding carboxylic acids is 5. The van der Waals surface area contributed by atoms with E-state index in [1.165, 1.54) is 4.90 Å². The van der Waals surface area contributed by atoms with Crippen molar-refractivity contribution in [2.24, 2.45) is 5.92 Å². The smallest absolute Gasteiger partial charge is 0.338 e. The van der Waals surface area contributed by atoms with Crippen molar-refractivity contribution in [1.82, 2.24) is 20.4 Å². The minimum Gasteiger partial charge on any atom is -0.426 e. The number of epoxide rings is 1. The zero-order valence-corrected chi connectivity index (χ0v) is 22.4. The summed E-state index contributed by atoms with van der Waals surface area (Å²) in [7, 11) is 1.78. The van der Waals surface area contributed by atoms with Gasteiger partial charge in [-0.15, -0.1) is 0 Å². The number of esters is 2. The SMILES string of the molecule is CCCNC(=O)C1OC1C(=O)NC(C(=O)N1CCCC1C(=O)OCOC(=O)C1=CN(C)C=CC1)C(C)CC. The summed E-state index contributed by atoms with van der Waals surface area (Å²) in [5, 5.41) is 5.42. The van der Waals surface area contributed by atoms with Crippen LogP contribution in [0, 0.1) is 5.92 Å². The molecule has 3 heterocycles. The van der Waals surface area contributed by atoms with Crippen LogP contribution in [0.2, 0.25) is 0 Å². The summed E-state index contributed by atoms with van der Waals surface area (Å²) in [4.78, 5) is 66.5. The van der Waals surface area contributed by atoms with Gasteiger partial charge in [0.25, 0.3) is 11.8 Å². The van der Waals surface area contributed by atoms with Crippen molar-refractivity contribution in [2.75, 3.05) is 26.9 Å². The number of likely N-dealkylation sites (tertiary alicyclic amines) is 1. The molecule has 0 aromatic carbocycles. The molecule has 0 bridgehead atoms. The molecule has 0 aromatic rings. The third kappa shape index (κ3) is 7.33. The predicted molar refractivity (Wildman–Crippen MR) is 135 cm³/mol. The molecule has 3 amide bonds. The molecule has 12 nitrogen and oxygen atoms in total. The van der Waals surface area contributed by atoms with Gasteiger partial charge in [-0.1, -0.05) is 33.3 Å². The van der Waals surface area contributed by atoms with Crippen LogP contribution in [0.4, 0.5) is 0 Å². The summed E-state index contributed by atoms with van der Waals surface area (Å²) < 4.78 is 15.5. The number of carbonyl (C=O) groups is 5. The molecule has 12 heteroatoms. The largest absolute Gasteiger partial charge is 0.426 e. The van der Waals surface area contributed by atoms with E-state index in [4.69, 9.17) is 14.2 Å². The van der Waals surface area contributed by atoms with Crippen molar-refractivity contribution in [2.45, 2.75) is 77.2 Å². The number of nitrogens with one attached hydrogen (secondary N) is 2. The van der Waals surface area contributed by atoms with E-state index < -0.39 is 54.8 Å². The molecule has 2 fully saturated rings. The topological polar surface area (TPSA) is 147 Å². The average Bonchev–Trinajstić information content (AvgIpc) is 3.57. The minimum absolute atomic E-state index is 0.230. The first-order valence-corrected chi connectivity index (χ1v) is 13.1. The van der Waals surface area contributed by atoms with E-state index in [-0.39, 0.29) is 11.8 Å². The van der Waals surface area contributed by atoms with Crippen LogP contribution >= 0.6 is 0 Å². The summed E-state index contributed by atoms with van der Waals surface area (Å²) in [6.07, 6.45) is 6.21. The summed E-state index contributed by atoms with van der Waals surface area (Å²) >= 11 is 0. The second kappa shape index (κ2) is 13.4. The lowest BCUT2D eigenvalue weighted by atomic mass is 9.97. The molecule has 2 saturated heterocycles. The molecule has 0 aliphatic carbocycles. The molecule has 3 aliphatic heterocycles. The highest BCUT2D eigenvalue weighted by Crippen LogP contribution is 2.25. The van der Waals surface area contributed by atoms with Crippen LogP contribution in [0.5, 0.6) is 0 Å². The van der Waals surface area contributed by atoms with Gasteiger partial charge in [0, 0.05) is 32.8 Å². The lowest BCUT2D eigenvalue weighted by molar-refractivity contribution is -0.170. The van der Waals surface area contributed by atoms with E-state index in [9.17, 15) is 24.0 Å². The normalized spacial score (nSPS) is 23.7. The Hall–Kier alpha value is -3.41. The van der Waals surface area contributed by atoms with E-state index >= 15 is 0 Å². The first-order chi connectivity index (χ1) is 18.2. The molecule has 0 saturated carbocycles. The van der Waals surface area contributed by atoms with Crippen molar-refractivity contribution < 1.29 is 38.2 Å². The Morgan fingerprint density at radius 2 is 1.87 bits per heavy atom. The molecule has 2 N–H and O–H groups in total. The molecular weight excluding hydrogens is 496 g/mol. The van der Waals surface area contributed by atoms with Crippen LogP contribution in [0.25, 0.3) is 0 Å². The van der Waals surface area contributed by atoms with Crippen molar-refractivity contribution in [3.8, 4) is 0 Å². The number of ether oxygens (including phenoxy) is 3. The van der Waals surface area contributed by atoms with Gasteiger partial charge >= 0.3 is 11.9 Å². The van der Waals surface area contributed by atoms with Gasteiger partial charge in [-0.05, 0) is 31.4 Å². The molecule has 5 unspecified atom stereocenters. The Labute approximate surface area is 222 Å². The molecular formula is C26H38N4O8. The molecule has 0 radical (unpaired) electrons. The lowest BCUT2D eigenvalue weighted by Gasteiger charge is -2.30. The summed E-state index contributed by atoms with van der Waals surface area (Å²) in [5.41, 5.74) is 0.431. The number of rotatable bonds is 12. The molecule has 3 aliphatic rings. The van der Waals surface area contributed by atoms with E-state index in [0.717, 1.165) is 6.42 Å². The standard InChI is InChI=1S/C26H38N4O8/c1-5-11-27-22(31)20-21(38-20)23(32)28-19(16(3)6-2)24(33)30-13-8-10-18(30)26(35)37-15-36-25(34)17-9-7-12-29(4)14-17/h7,12,14,16,18-21H,5-6,8-11,13,15H2,1-4H3,(H,27,31)(H,28,32). The number of allylic oxidation sites excluding steroid dienone is 1. The molecule has 5 atom stereocenters. The molecule has 0 spiro atoms. The van der Waals surface area contributed by atoms with Crippen molar-refractivity contribution >= 4 is 29.7 Å². The highest BCUT2D eigenvalue weighted by Gasteiger charge is 2.51. The average molecular weight is 535 g/mol. The number of hydrogen-bond acceptors (Lipinski definition) is 9. The molecule has 38 heavy (non-hydrogen) atoms. The van der Waals surface area contributed by atoms with E-state index in [1.807, 2.05) is 33.0 Å². The van der Waals surface area contributed by atoms with Gasteiger partial charge in [-0.3, -0.25) is 14.4 Å². The van der Waals surface area contributed by atoms with Gasteiger partial charge in [0.05, 0.1) is 5.57 Å². The van der Waals surface area contributed by atoms with Gasteiger partial charge in [0.1, 0.15) is 12.1 Å². The van der Waals surface area contributed by atoms with Gasteiger partial charge in [-0.2, -0.15) is 0 Å². The first-order valence-electron chi connectivity index (χ1n) is 13.1.